The van der Waals surface area contributed by atoms with E-state index in [1.807, 2.05) is 0 Å². The van der Waals surface area contributed by atoms with Crippen LogP contribution in [-0.4, -0.2) is 75.9 Å². The highest BCUT2D eigenvalue weighted by Gasteiger charge is 2.36. The highest BCUT2D eigenvalue weighted by Crippen LogP contribution is 2.32. The van der Waals surface area contributed by atoms with Crippen LogP contribution in [0, 0.1) is 5.92 Å². The Morgan fingerprint density at radius 3 is 1.76 bits per heavy atom. The molecule has 8 heteroatoms. The SMILES string of the molecule is CCCCCCCCCCCC[C@@H](O)[C@H]1CC[C@H]([C@H](O)CC[C@H](O)[C@@H]2CC[C@@H](CCCCC[C@H]3C[C@@H](CC(C)=O)C(=O)O3)O2)O1. The van der Waals surface area contributed by atoms with Gasteiger partial charge in [-0.25, -0.2) is 0 Å². The molecule has 0 bridgehead atoms. The molecule has 3 heterocycles. The number of aliphatic hydroxyl groups is 3. The summed E-state index contributed by atoms with van der Waals surface area (Å²) in [4.78, 5) is 23.2. The number of ketones is 1. The summed E-state index contributed by atoms with van der Waals surface area (Å²) in [7, 11) is 0. The molecule has 0 saturated carbocycles. The normalized spacial score (nSPS) is 28.8. The minimum atomic E-state index is -0.636. The number of aliphatic hydroxyl groups excluding tert-OH is 3. The van der Waals surface area contributed by atoms with E-state index in [0.717, 1.165) is 77.0 Å². The van der Waals surface area contributed by atoms with Gasteiger partial charge >= 0.3 is 5.97 Å². The minimum Gasteiger partial charge on any atom is -0.462 e. The van der Waals surface area contributed by atoms with Gasteiger partial charge in [-0.3, -0.25) is 4.79 Å². The number of esters is 1. The lowest BCUT2D eigenvalue weighted by atomic mass is 9.96. The van der Waals surface area contributed by atoms with Crippen molar-refractivity contribution in [2.24, 2.45) is 5.92 Å². The Morgan fingerprint density at radius 2 is 1.16 bits per heavy atom. The minimum absolute atomic E-state index is 0.0377. The molecular weight excluding hydrogens is 572 g/mol. The number of cyclic esters (lactones) is 1. The van der Waals surface area contributed by atoms with E-state index >= 15 is 0 Å². The molecule has 0 aromatic rings. The Bertz CT molecular complexity index is 820. The van der Waals surface area contributed by atoms with Gasteiger partial charge in [-0.05, 0) is 77.6 Å². The zero-order valence-corrected chi connectivity index (χ0v) is 28.5. The van der Waals surface area contributed by atoms with E-state index < -0.39 is 18.3 Å². The summed E-state index contributed by atoms with van der Waals surface area (Å²) >= 11 is 0. The van der Waals surface area contributed by atoms with Gasteiger partial charge in [0.1, 0.15) is 11.9 Å². The molecule has 8 nitrogen and oxygen atoms in total. The van der Waals surface area contributed by atoms with Crippen LogP contribution in [-0.2, 0) is 23.8 Å². The standard InChI is InChI=1S/C37H66O8/c1-3-4-5-6-7-8-9-10-11-15-18-31(39)35-23-24-36(45-35)33(41)21-20-32(40)34-22-19-29(43-34)16-13-12-14-17-30-26-28(25-27(2)38)37(42)44-30/h28-36,39-41H,3-26H2,1-2H3/t28-,29-,30+,31-,32+,33-,34+,35-,36-/m1/s1. The van der Waals surface area contributed by atoms with Crippen molar-refractivity contribution in [1.29, 1.82) is 0 Å². The van der Waals surface area contributed by atoms with Gasteiger partial charge in [0.15, 0.2) is 0 Å². The third kappa shape index (κ3) is 14.7. The Morgan fingerprint density at radius 1 is 0.667 bits per heavy atom. The lowest BCUT2D eigenvalue weighted by Gasteiger charge is -2.24. The highest BCUT2D eigenvalue weighted by atomic mass is 16.6. The monoisotopic (exact) mass is 638 g/mol. The van der Waals surface area contributed by atoms with Gasteiger partial charge in [-0.2, -0.15) is 0 Å². The van der Waals surface area contributed by atoms with E-state index in [2.05, 4.69) is 6.92 Å². The third-order valence-electron chi connectivity index (χ3n) is 10.4. The second kappa shape index (κ2) is 21.7. The van der Waals surface area contributed by atoms with E-state index in [4.69, 9.17) is 14.2 Å². The van der Waals surface area contributed by atoms with Crippen LogP contribution in [0.25, 0.3) is 0 Å². The molecule has 3 aliphatic rings. The topological polar surface area (TPSA) is 123 Å². The summed E-state index contributed by atoms with van der Waals surface area (Å²) in [6.45, 7) is 3.77. The van der Waals surface area contributed by atoms with Crippen LogP contribution < -0.4 is 0 Å². The van der Waals surface area contributed by atoms with Crippen LogP contribution in [0.1, 0.15) is 168 Å². The zero-order chi connectivity index (χ0) is 32.4. The fourth-order valence-electron chi connectivity index (χ4n) is 7.56. The van der Waals surface area contributed by atoms with Crippen LogP contribution in [0.2, 0.25) is 0 Å². The molecule has 3 fully saturated rings. The molecule has 262 valence electrons. The molecule has 45 heavy (non-hydrogen) atoms. The summed E-state index contributed by atoms with van der Waals surface area (Å²) in [5.74, 6) is -0.445. The van der Waals surface area contributed by atoms with Crippen molar-refractivity contribution in [2.45, 2.75) is 217 Å². The summed E-state index contributed by atoms with van der Waals surface area (Å²) in [5.41, 5.74) is 0. The van der Waals surface area contributed by atoms with Crippen LogP contribution in [0.15, 0.2) is 0 Å². The molecule has 0 radical (unpaired) electrons. The molecule has 0 aromatic carbocycles. The van der Waals surface area contributed by atoms with Gasteiger partial charge < -0.3 is 34.3 Å². The summed E-state index contributed by atoms with van der Waals surface area (Å²) in [6.07, 6.45) is 21.4. The van der Waals surface area contributed by atoms with Crippen molar-refractivity contribution in [2.75, 3.05) is 0 Å². The molecule has 0 amide bonds. The summed E-state index contributed by atoms with van der Waals surface area (Å²) in [6, 6.07) is 0. The highest BCUT2D eigenvalue weighted by molar-refractivity contribution is 5.83. The molecule has 3 saturated heterocycles. The lowest BCUT2D eigenvalue weighted by molar-refractivity contribution is -0.145. The molecule has 3 aliphatic heterocycles. The average molecular weight is 639 g/mol. The first kappa shape index (κ1) is 38.4. The van der Waals surface area contributed by atoms with E-state index in [1.54, 1.807) is 0 Å². The smallest absolute Gasteiger partial charge is 0.309 e. The maximum atomic E-state index is 11.9. The third-order valence-corrected chi connectivity index (χ3v) is 10.4. The van der Waals surface area contributed by atoms with Crippen LogP contribution in [0.5, 0.6) is 0 Å². The maximum absolute atomic E-state index is 11.9. The van der Waals surface area contributed by atoms with Crippen molar-refractivity contribution in [3.8, 4) is 0 Å². The van der Waals surface area contributed by atoms with Crippen molar-refractivity contribution in [3.63, 3.8) is 0 Å². The van der Waals surface area contributed by atoms with Gasteiger partial charge in [0, 0.05) is 6.42 Å². The van der Waals surface area contributed by atoms with Gasteiger partial charge in [-0.15, -0.1) is 0 Å². The molecule has 9 atom stereocenters. The predicted octanol–water partition coefficient (Wildman–Crippen LogP) is 7.12. The van der Waals surface area contributed by atoms with Gasteiger partial charge in [0.2, 0.25) is 0 Å². The average Bonchev–Trinajstić information content (AvgIpc) is 3.77. The molecule has 0 unspecified atom stereocenters. The van der Waals surface area contributed by atoms with E-state index in [1.165, 1.54) is 58.3 Å². The first-order valence-corrected chi connectivity index (χ1v) is 18.8. The van der Waals surface area contributed by atoms with Crippen LogP contribution >= 0.6 is 0 Å². The fourth-order valence-corrected chi connectivity index (χ4v) is 7.56. The number of ether oxygens (including phenoxy) is 3. The molecule has 0 aliphatic carbocycles. The molecule has 0 spiro atoms. The Balaban J connectivity index is 1.18. The van der Waals surface area contributed by atoms with Gasteiger partial charge in [-0.1, -0.05) is 84.0 Å². The van der Waals surface area contributed by atoms with E-state index in [-0.39, 0.29) is 48.2 Å². The van der Waals surface area contributed by atoms with E-state index in [9.17, 15) is 24.9 Å². The summed E-state index contributed by atoms with van der Waals surface area (Å²) < 4.78 is 17.7. The number of rotatable bonds is 25. The Kier molecular flexibility index (Phi) is 18.5. The van der Waals surface area contributed by atoms with Crippen LogP contribution in [0.3, 0.4) is 0 Å². The number of unbranched alkanes of at least 4 members (excludes halogenated alkanes) is 11. The number of Topliss-reactive ketones (excluding diaryl/α,β-unsaturated/α-hetero) is 1. The summed E-state index contributed by atoms with van der Waals surface area (Å²) in [5, 5.41) is 32.2. The first-order valence-electron chi connectivity index (χ1n) is 18.8. The van der Waals surface area contributed by atoms with Gasteiger partial charge in [0.25, 0.3) is 0 Å². The lowest BCUT2D eigenvalue weighted by Crippen LogP contribution is -2.33. The molecule has 3 rings (SSSR count). The van der Waals surface area contributed by atoms with Crippen molar-refractivity contribution >= 4 is 11.8 Å². The van der Waals surface area contributed by atoms with Gasteiger partial charge in [0.05, 0.1) is 48.6 Å². The Labute approximate surface area is 273 Å². The van der Waals surface area contributed by atoms with Crippen molar-refractivity contribution in [1.82, 2.24) is 0 Å². The fraction of sp³-hybridized carbons (Fsp3) is 0.946. The number of hydrogen-bond donors (Lipinski definition) is 3. The van der Waals surface area contributed by atoms with Crippen molar-refractivity contribution < 1.29 is 39.1 Å². The number of hydrogen-bond acceptors (Lipinski definition) is 8. The quantitative estimate of drug-likeness (QED) is 0.0714. The molecule has 3 N–H and O–H groups in total. The number of carbonyl (C=O) groups excluding carboxylic acids is 2. The van der Waals surface area contributed by atoms with Crippen LogP contribution in [0.4, 0.5) is 0 Å². The predicted molar refractivity (Wildman–Crippen MR) is 176 cm³/mol. The Hall–Kier alpha value is -1.06. The largest absolute Gasteiger partial charge is 0.462 e. The first-order chi connectivity index (χ1) is 21.8. The van der Waals surface area contributed by atoms with E-state index in [0.29, 0.717) is 25.7 Å². The molecule has 0 aromatic heterocycles. The molecular formula is C37H66O8. The zero-order valence-electron chi connectivity index (χ0n) is 28.5. The van der Waals surface area contributed by atoms with Crippen molar-refractivity contribution in [3.05, 3.63) is 0 Å². The second-order valence-corrected chi connectivity index (χ2v) is 14.4. The maximum Gasteiger partial charge on any atom is 0.309 e. The number of carbonyl (C=O) groups is 2. The second-order valence-electron chi connectivity index (χ2n) is 14.4.